The lowest BCUT2D eigenvalue weighted by atomic mass is 10.3. The van der Waals surface area contributed by atoms with Crippen LogP contribution in [0.25, 0.3) is 5.52 Å². The number of hydrogen-bond acceptors (Lipinski definition) is 3. The van der Waals surface area contributed by atoms with E-state index in [-0.39, 0.29) is 0 Å². The summed E-state index contributed by atoms with van der Waals surface area (Å²) in [5.41, 5.74) is 7.45. The maximum Gasteiger partial charge on any atom is 0.132 e. The fourth-order valence-electron chi connectivity index (χ4n) is 1.82. The van der Waals surface area contributed by atoms with Crippen molar-refractivity contribution in [3.63, 3.8) is 0 Å². The molecule has 3 aromatic rings. The highest BCUT2D eigenvalue weighted by Crippen LogP contribution is 2.22. The molecule has 0 saturated carbocycles. The topological polar surface area (TPSA) is 56.5 Å². The highest BCUT2D eigenvalue weighted by Gasteiger charge is 2.10. The van der Waals surface area contributed by atoms with Gasteiger partial charge in [0.1, 0.15) is 16.2 Å². The van der Waals surface area contributed by atoms with Gasteiger partial charge in [0.15, 0.2) is 0 Å². The van der Waals surface area contributed by atoms with Gasteiger partial charge in [-0.15, -0.1) is 0 Å². The van der Waals surface area contributed by atoms with Crippen LogP contribution in [-0.4, -0.2) is 9.38 Å². The quantitative estimate of drug-likeness (QED) is 0.790. The molecule has 5 heteroatoms. The van der Waals surface area contributed by atoms with Gasteiger partial charge in [-0.25, -0.2) is 4.98 Å². The molecule has 0 unspecified atom stereocenters. The Labute approximate surface area is 106 Å². The van der Waals surface area contributed by atoms with Crippen LogP contribution in [0, 0.1) is 0 Å². The summed E-state index contributed by atoms with van der Waals surface area (Å²) in [7, 11) is 0. The predicted molar refractivity (Wildman–Crippen MR) is 68.8 cm³/mol. The van der Waals surface area contributed by atoms with E-state index in [0.717, 1.165) is 27.4 Å². The molecule has 17 heavy (non-hydrogen) atoms. The summed E-state index contributed by atoms with van der Waals surface area (Å²) in [5.74, 6) is 1.81. The van der Waals surface area contributed by atoms with E-state index in [2.05, 4.69) is 20.9 Å². The Morgan fingerprint density at radius 3 is 3.06 bits per heavy atom. The molecular formula is C12H10BrN3O. The Kier molecular flexibility index (Phi) is 2.40. The van der Waals surface area contributed by atoms with Gasteiger partial charge in [0.25, 0.3) is 0 Å². The Bertz CT molecular complexity index is 658. The fourth-order valence-corrected chi connectivity index (χ4v) is 2.33. The van der Waals surface area contributed by atoms with Crippen LogP contribution in [0.15, 0.2) is 45.7 Å². The first-order valence-corrected chi connectivity index (χ1v) is 5.97. The minimum Gasteiger partial charge on any atom is -0.469 e. The highest BCUT2D eigenvalue weighted by molar-refractivity contribution is 9.10. The van der Waals surface area contributed by atoms with Crippen molar-refractivity contribution < 1.29 is 4.42 Å². The van der Waals surface area contributed by atoms with Gasteiger partial charge in [-0.05, 0) is 40.2 Å². The minimum atomic E-state index is 0.656. The van der Waals surface area contributed by atoms with Crippen LogP contribution in [0.3, 0.4) is 0 Å². The number of pyridine rings is 1. The second-order valence-electron chi connectivity index (χ2n) is 3.79. The molecule has 3 aromatic heterocycles. The van der Waals surface area contributed by atoms with Crippen LogP contribution in [0.4, 0.5) is 5.69 Å². The van der Waals surface area contributed by atoms with Crippen molar-refractivity contribution in [2.45, 2.75) is 6.42 Å². The molecule has 0 atom stereocenters. The zero-order valence-corrected chi connectivity index (χ0v) is 10.5. The van der Waals surface area contributed by atoms with Gasteiger partial charge in [-0.2, -0.15) is 0 Å². The van der Waals surface area contributed by atoms with E-state index in [1.807, 2.05) is 34.9 Å². The van der Waals surface area contributed by atoms with Crippen molar-refractivity contribution in [2.75, 3.05) is 5.73 Å². The average Bonchev–Trinajstić information content (AvgIpc) is 2.89. The van der Waals surface area contributed by atoms with Crippen LogP contribution in [0.1, 0.15) is 11.6 Å². The number of hydrogen-bond donors (Lipinski definition) is 1. The van der Waals surface area contributed by atoms with Crippen LogP contribution < -0.4 is 5.73 Å². The highest BCUT2D eigenvalue weighted by atomic mass is 79.9. The van der Waals surface area contributed by atoms with Gasteiger partial charge < -0.3 is 14.6 Å². The summed E-state index contributed by atoms with van der Waals surface area (Å²) in [6, 6.07) is 7.56. The van der Waals surface area contributed by atoms with Gasteiger partial charge in [0.05, 0.1) is 18.2 Å². The monoisotopic (exact) mass is 291 g/mol. The third-order valence-corrected chi connectivity index (χ3v) is 3.19. The molecule has 0 fully saturated rings. The fraction of sp³-hybridized carbons (Fsp3) is 0.0833. The van der Waals surface area contributed by atoms with E-state index in [1.54, 1.807) is 6.26 Å². The standard InChI is InChI=1S/C12H10BrN3O/c13-12-10-6-8(14)3-4-16(10)11(15-12)7-9-2-1-5-17-9/h1-6H,7,14H2. The molecule has 0 aliphatic heterocycles. The number of nitrogens with zero attached hydrogens (tertiary/aromatic N) is 2. The lowest BCUT2D eigenvalue weighted by Gasteiger charge is -2.00. The van der Waals surface area contributed by atoms with Gasteiger partial charge >= 0.3 is 0 Å². The number of nitrogen functional groups attached to an aromatic ring is 1. The smallest absolute Gasteiger partial charge is 0.132 e. The number of halogens is 1. The Balaban J connectivity index is 2.11. The molecule has 0 aliphatic rings. The minimum absolute atomic E-state index is 0.656. The molecule has 0 spiro atoms. The van der Waals surface area contributed by atoms with Crippen LogP contribution in [0.5, 0.6) is 0 Å². The Morgan fingerprint density at radius 1 is 1.41 bits per heavy atom. The van der Waals surface area contributed by atoms with Gasteiger partial charge in [-0.1, -0.05) is 0 Å². The normalized spacial score (nSPS) is 11.1. The SMILES string of the molecule is Nc1ccn2c(Cc3ccco3)nc(Br)c2c1. The van der Waals surface area contributed by atoms with Crippen molar-refractivity contribution in [3.8, 4) is 0 Å². The van der Waals surface area contributed by atoms with E-state index in [1.165, 1.54) is 0 Å². The third kappa shape index (κ3) is 1.82. The number of rotatable bonds is 2. The maximum atomic E-state index is 5.76. The molecule has 0 aromatic carbocycles. The number of aromatic nitrogens is 2. The third-order valence-electron chi connectivity index (χ3n) is 2.61. The first kappa shape index (κ1) is 10.4. The predicted octanol–water partition coefficient (Wildman–Crippen LogP) is 2.86. The molecular weight excluding hydrogens is 282 g/mol. The van der Waals surface area contributed by atoms with Crippen LogP contribution >= 0.6 is 15.9 Å². The number of fused-ring (bicyclic) bond motifs is 1. The molecule has 0 radical (unpaired) electrons. The lowest BCUT2D eigenvalue weighted by Crippen LogP contribution is -1.96. The number of nitrogens with two attached hydrogens (primary N) is 1. The average molecular weight is 292 g/mol. The van der Waals surface area contributed by atoms with Crippen molar-refractivity contribution in [1.82, 2.24) is 9.38 Å². The zero-order valence-electron chi connectivity index (χ0n) is 8.93. The summed E-state index contributed by atoms with van der Waals surface area (Å²) >= 11 is 3.44. The molecule has 4 nitrogen and oxygen atoms in total. The Morgan fingerprint density at radius 2 is 2.29 bits per heavy atom. The van der Waals surface area contributed by atoms with Crippen LogP contribution in [0.2, 0.25) is 0 Å². The van der Waals surface area contributed by atoms with Crippen molar-refractivity contribution in [2.24, 2.45) is 0 Å². The molecule has 86 valence electrons. The van der Waals surface area contributed by atoms with Gasteiger partial charge in [0.2, 0.25) is 0 Å². The van der Waals surface area contributed by atoms with Crippen molar-refractivity contribution in [3.05, 3.63) is 52.9 Å². The summed E-state index contributed by atoms with van der Waals surface area (Å²) in [6.07, 6.45) is 4.24. The molecule has 0 aliphatic carbocycles. The number of imidazole rings is 1. The summed E-state index contributed by atoms with van der Waals surface area (Å²) < 4.78 is 8.13. The van der Waals surface area contributed by atoms with E-state index >= 15 is 0 Å². The van der Waals surface area contributed by atoms with E-state index in [0.29, 0.717) is 6.42 Å². The van der Waals surface area contributed by atoms with Crippen molar-refractivity contribution in [1.29, 1.82) is 0 Å². The summed E-state index contributed by atoms with van der Waals surface area (Å²) in [5, 5.41) is 0. The van der Waals surface area contributed by atoms with Gasteiger partial charge in [0, 0.05) is 11.9 Å². The molecule has 0 bridgehead atoms. The van der Waals surface area contributed by atoms with E-state index < -0.39 is 0 Å². The zero-order chi connectivity index (χ0) is 11.8. The second kappa shape index (κ2) is 3.92. The molecule has 0 amide bonds. The lowest BCUT2D eigenvalue weighted by molar-refractivity contribution is 0.516. The second-order valence-corrected chi connectivity index (χ2v) is 4.54. The van der Waals surface area contributed by atoms with Crippen LogP contribution in [-0.2, 0) is 6.42 Å². The largest absolute Gasteiger partial charge is 0.469 e. The van der Waals surface area contributed by atoms with E-state index in [4.69, 9.17) is 10.2 Å². The first-order valence-electron chi connectivity index (χ1n) is 5.18. The Hall–Kier alpha value is -1.75. The van der Waals surface area contributed by atoms with E-state index in [9.17, 15) is 0 Å². The summed E-state index contributed by atoms with van der Waals surface area (Å²) in [6.45, 7) is 0. The summed E-state index contributed by atoms with van der Waals surface area (Å²) in [4.78, 5) is 4.47. The first-order chi connectivity index (χ1) is 8.24. The van der Waals surface area contributed by atoms with Crippen molar-refractivity contribution >= 4 is 27.1 Å². The number of anilines is 1. The molecule has 3 rings (SSSR count). The number of furan rings is 1. The maximum absolute atomic E-state index is 5.76. The molecule has 3 heterocycles. The molecule has 2 N–H and O–H groups in total. The van der Waals surface area contributed by atoms with Gasteiger partial charge in [-0.3, -0.25) is 0 Å². The molecule has 0 saturated heterocycles.